The minimum atomic E-state index is -3.74. The summed E-state index contributed by atoms with van der Waals surface area (Å²) in [6, 6.07) is 11.4. The number of nitrogens with zero attached hydrogens (tertiary/aromatic N) is 2. The molecule has 1 aliphatic heterocycles. The van der Waals surface area contributed by atoms with Gasteiger partial charge < -0.3 is 9.64 Å². The molecule has 6 nitrogen and oxygen atoms in total. The molecule has 0 saturated heterocycles. The van der Waals surface area contributed by atoms with Crippen LogP contribution in [-0.4, -0.2) is 39.8 Å². The zero-order valence-electron chi connectivity index (χ0n) is 16.2. The average molecular weight is 423 g/mol. The SMILES string of the molecule is COc1ccc(N([C@H](C)C(=O)N2c3ccccc3C[C@H]2C)S(C)(=O)=O)cc1Cl. The molecule has 0 radical (unpaired) electrons. The van der Waals surface area contributed by atoms with E-state index in [0.29, 0.717) is 11.4 Å². The van der Waals surface area contributed by atoms with Gasteiger partial charge in [0.1, 0.15) is 11.8 Å². The fraction of sp³-hybridized carbons (Fsp3) is 0.350. The van der Waals surface area contributed by atoms with Gasteiger partial charge >= 0.3 is 0 Å². The van der Waals surface area contributed by atoms with Gasteiger partial charge in [-0.25, -0.2) is 8.42 Å². The van der Waals surface area contributed by atoms with Crippen molar-refractivity contribution in [3.8, 4) is 5.75 Å². The first-order valence-corrected chi connectivity index (χ1v) is 11.1. The Bertz CT molecular complexity index is 1010. The molecule has 8 heteroatoms. The zero-order valence-corrected chi connectivity index (χ0v) is 17.8. The quantitative estimate of drug-likeness (QED) is 0.739. The fourth-order valence-electron chi connectivity index (χ4n) is 3.70. The highest BCUT2D eigenvalue weighted by molar-refractivity contribution is 7.92. The van der Waals surface area contributed by atoms with Crippen LogP contribution in [0.2, 0.25) is 5.02 Å². The Morgan fingerprint density at radius 2 is 1.96 bits per heavy atom. The molecule has 3 rings (SSSR count). The Morgan fingerprint density at radius 1 is 1.29 bits per heavy atom. The molecule has 0 fully saturated rings. The van der Waals surface area contributed by atoms with Crippen LogP contribution in [0.15, 0.2) is 42.5 Å². The van der Waals surface area contributed by atoms with Gasteiger partial charge in [-0.1, -0.05) is 29.8 Å². The maximum atomic E-state index is 13.4. The van der Waals surface area contributed by atoms with Crippen molar-refractivity contribution >= 4 is 38.9 Å². The summed E-state index contributed by atoms with van der Waals surface area (Å²) in [5.41, 5.74) is 2.22. The number of hydrogen-bond acceptors (Lipinski definition) is 4. The number of anilines is 2. The van der Waals surface area contributed by atoms with Crippen LogP contribution in [0, 0.1) is 0 Å². The minimum absolute atomic E-state index is 0.0479. The van der Waals surface area contributed by atoms with E-state index in [9.17, 15) is 13.2 Å². The smallest absolute Gasteiger partial charge is 0.250 e. The summed E-state index contributed by atoms with van der Waals surface area (Å²) < 4.78 is 31.4. The van der Waals surface area contributed by atoms with E-state index in [0.717, 1.165) is 28.2 Å². The summed E-state index contributed by atoms with van der Waals surface area (Å²) in [6.07, 6.45) is 1.82. The molecular weight excluding hydrogens is 400 g/mol. The molecule has 0 aromatic heterocycles. The van der Waals surface area contributed by atoms with E-state index in [1.54, 1.807) is 24.0 Å². The van der Waals surface area contributed by atoms with Gasteiger partial charge in [0.2, 0.25) is 10.0 Å². The van der Waals surface area contributed by atoms with Crippen LogP contribution in [0.1, 0.15) is 19.4 Å². The number of fused-ring (bicyclic) bond motifs is 1. The van der Waals surface area contributed by atoms with Crippen molar-refractivity contribution in [2.45, 2.75) is 32.4 Å². The van der Waals surface area contributed by atoms with E-state index in [4.69, 9.17) is 16.3 Å². The van der Waals surface area contributed by atoms with Crippen molar-refractivity contribution in [1.82, 2.24) is 0 Å². The van der Waals surface area contributed by atoms with Gasteiger partial charge in [0, 0.05) is 11.7 Å². The molecule has 2 aromatic rings. The Morgan fingerprint density at radius 3 is 2.57 bits per heavy atom. The largest absolute Gasteiger partial charge is 0.495 e. The summed E-state index contributed by atoms with van der Waals surface area (Å²) in [4.78, 5) is 15.0. The Labute approximate surface area is 170 Å². The van der Waals surface area contributed by atoms with Gasteiger partial charge in [-0.2, -0.15) is 0 Å². The summed E-state index contributed by atoms with van der Waals surface area (Å²) in [5, 5.41) is 0.271. The van der Waals surface area contributed by atoms with Crippen molar-refractivity contribution in [3.05, 3.63) is 53.1 Å². The first kappa shape index (κ1) is 20.5. The summed E-state index contributed by atoms with van der Waals surface area (Å²) in [6.45, 7) is 3.55. The molecule has 0 spiro atoms. The highest BCUT2D eigenvalue weighted by atomic mass is 35.5. The lowest BCUT2D eigenvalue weighted by Gasteiger charge is -2.33. The van der Waals surface area contributed by atoms with Gasteiger partial charge in [0.25, 0.3) is 5.91 Å². The number of benzene rings is 2. The number of rotatable bonds is 5. The molecular formula is C20H23ClN2O4S. The Hall–Kier alpha value is -2.25. The van der Waals surface area contributed by atoms with E-state index in [-0.39, 0.29) is 17.0 Å². The summed E-state index contributed by atoms with van der Waals surface area (Å²) >= 11 is 6.18. The predicted octanol–water partition coefficient (Wildman–Crippen LogP) is 3.48. The first-order chi connectivity index (χ1) is 13.1. The third-order valence-electron chi connectivity index (χ3n) is 4.90. The molecule has 0 saturated carbocycles. The number of sulfonamides is 1. The van der Waals surface area contributed by atoms with Gasteiger partial charge in [-0.15, -0.1) is 0 Å². The number of halogens is 1. The van der Waals surface area contributed by atoms with E-state index in [2.05, 4.69) is 0 Å². The van der Waals surface area contributed by atoms with E-state index >= 15 is 0 Å². The number of para-hydroxylation sites is 1. The molecule has 0 N–H and O–H groups in total. The normalized spacial score (nSPS) is 17.2. The molecule has 1 amide bonds. The highest BCUT2D eigenvalue weighted by Gasteiger charge is 2.38. The van der Waals surface area contributed by atoms with Crippen molar-refractivity contribution in [2.24, 2.45) is 0 Å². The lowest BCUT2D eigenvalue weighted by Crippen LogP contribution is -2.51. The maximum Gasteiger partial charge on any atom is 0.250 e. The van der Waals surface area contributed by atoms with Gasteiger partial charge in [0.15, 0.2) is 0 Å². The summed E-state index contributed by atoms with van der Waals surface area (Å²) in [7, 11) is -2.26. The predicted molar refractivity (Wildman–Crippen MR) is 112 cm³/mol. The highest BCUT2D eigenvalue weighted by Crippen LogP contribution is 2.35. The second kappa shape index (κ2) is 7.64. The fourth-order valence-corrected chi connectivity index (χ4v) is 5.11. The van der Waals surface area contributed by atoms with Crippen LogP contribution in [0.3, 0.4) is 0 Å². The molecule has 0 bridgehead atoms. The minimum Gasteiger partial charge on any atom is -0.495 e. The Balaban J connectivity index is 2.00. The standard InChI is InChI=1S/C20H23ClN2O4S/c1-13-11-15-7-5-6-8-18(15)22(13)20(24)14(2)23(28(4,25)26)16-9-10-19(27-3)17(21)12-16/h5-10,12-14H,11H2,1-4H3/t13-,14-/m1/s1. The molecule has 1 aliphatic rings. The molecule has 0 aliphatic carbocycles. The maximum absolute atomic E-state index is 13.4. The van der Waals surface area contributed by atoms with E-state index in [1.165, 1.54) is 13.2 Å². The van der Waals surface area contributed by atoms with Crippen LogP contribution in [0.5, 0.6) is 5.75 Å². The van der Waals surface area contributed by atoms with Gasteiger partial charge in [-0.3, -0.25) is 9.10 Å². The van der Waals surface area contributed by atoms with Crippen LogP contribution < -0.4 is 13.9 Å². The second-order valence-corrected chi connectivity index (χ2v) is 9.21. The van der Waals surface area contributed by atoms with Crippen LogP contribution in [0.4, 0.5) is 11.4 Å². The van der Waals surface area contributed by atoms with Crippen molar-refractivity contribution in [2.75, 3.05) is 22.6 Å². The third-order valence-corrected chi connectivity index (χ3v) is 6.44. The number of carbonyl (C=O) groups excluding carboxylic acids is 1. The van der Waals surface area contributed by atoms with E-state index < -0.39 is 16.1 Å². The first-order valence-electron chi connectivity index (χ1n) is 8.89. The van der Waals surface area contributed by atoms with Crippen LogP contribution in [-0.2, 0) is 21.2 Å². The van der Waals surface area contributed by atoms with Crippen LogP contribution in [0.25, 0.3) is 0 Å². The average Bonchev–Trinajstić information content (AvgIpc) is 2.95. The van der Waals surface area contributed by atoms with Crippen molar-refractivity contribution < 1.29 is 17.9 Å². The number of hydrogen-bond donors (Lipinski definition) is 0. The monoisotopic (exact) mass is 422 g/mol. The summed E-state index contributed by atoms with van der Waals surface area (Å²) in [5.74, 6) is 0.148. The van der Waals surface area contributed by atoms with E-state index in [1.807, 2.05) is 31.2 Å². The number of amides is 1. The lowest BCUT2D eigenvalue weighted by molar-refractivity contribution is -0.119. The van der Waals surface area contributed by atoms with Crippen molar-refractivity contribution in [1.29, 1.82) is 0 Å². The molecule has 2 atom stereocenters. The number of methoxy groups -OCH3 is 1. The number of ether oxygens (including phenoxy) is 1. The second-order valence-electron chi connectivity index (χ2n) is 6.94. The zero-order chi connectivity index (χ0) is 20.6. The van der Waals surface area contributed by atoms with Gasteiger partial charge in [0.05, 0.1) is 24.1 Å². The molecule has 2 aromatic carbocycles. The molecule has 28 heavy (non-hydrogen) atoms. The third kappa shape index (κ3) is 3.69. The van der Waals surface area contributed by atoms with Gasteiger partial charge in [-0.05, 0) is 50.1 Å². The molecule has 150 valence electrons. The molecule has 0 unspecified atom stereocenters. The lowest BCUT2D eigenvalue weighted by atomic mass is 10.1. The molecule has 1 heterocycles. The van der Waals surface area contributed by atoms with Crippen LogP contribution >= 0.6 is 11.6 Å². The topological polar surface area (TPSA) is 66.9 Å². The Kier molecular flexibility index (Phi) is 5.59. The van der Waals surface area contributed by atoms with Crippen molar-refractivity contribution in [3.63, 3.8) is 0 Å². The number of carbonyl (C=O) groups is 1.